The van der Waals surface area contributed by atoms with E-state index in [1.165, 1.54) is 5.56 Å². The first-order valence-electron chi connectivity index (χ1n) is 9.43. The fourth-order valence-corrected chi connectivity index (χ4v) is 4.00. The van der Waals surface area contributed by atoms with Crippen molar-refractivity contribution in [3.63, 3.8) is 0 Å². The molecule has 1 aliphatic heterocycles. The third kappa shape index (κ3) is 4.57. The molecule has 2 rings (SSSR count). The fourth-order valence-electron chi connectivity index (χ4n) is 3.28. The molecule has 1 aromatic carbocycles. The molecule has 0 unspecified atom stereocenters. The smallest absolute Gasteiger partial charge is 0.342 e. The number of ether oxygens (including phenoxy) is 2. The van der Waals surface area contributed by atoms with Crippen LogP contribution in [0.3, 0.4) is 0 Å². The second-order valence-corrected chi connectivity index (χ2v) is 13.9. The summed E-state index contributed by atoms with van der Waals surface area (Å²) in [5.41, 5.74) is 5.93. The maximum atomic E-state index is 12.4. The first-order chi connectivity index (χ1) is 12.2. The van der Waals surface area contributed by atoms with Crippen LogP contribution in [0, 0.1) is 6.92 Å². The molecular formula is C21H32O4Si. The van der Waals surface area contributed by atoms with Crippen LogP contribution >= 0.6 is 0 Å². The molecule has 0 amide bonds. The predicted molar refractivity (Wildman–Crippen MR) is 108 cm³/mol. The summed E-state index contributed by atoms with van der Waals surface area (Å²) in [5, 5.41) is 9.32. The SMILES string of the molecule is CCc1c(C)c2c(c(OCC[Si](C)(C)C)c1C/C=C(\C)CO)C(=O)OC2. The molecule has 4 nitrogen and oxygen atoms in total. The fraction of sp³-hybridized carbons (Fsp3) is 0.571. The molecule has 0 aromatic heterocycles. The third-order valence-corrected chi connectivity index (χ3v) is 6.68. The number of aliphatic hydroxyl groups excluding tert-OH is 1. The Kier molecular flexibility index (Phi) is 6.69. The van der Waals surface area contributed by atoms with Crippen LogP contribution in [0.4, 0.5) is 0 Å². The van der Waals surface area contributed by atoms with Crippen LogP contribution in [0.5, 0.6) is 5.75 Å². The quantitative estimate of drug-likeness (QED) is 0.414. The minimum absolute atomic E-state index is 0.0409. The summed E-state index contributed by atoms with van der Waals surface area (Å²) in [5.74, 6) is 0.419. The molecular weight excluding hydrogens is 344 g/mol. The Morgan fingerprint density at radius 1 is 1.31 bits per heavy atom. The molecule has 0 fully saturated rings. The van der Waals surface area contributed by atoms with E-state index >= 15 is 0 Å². The largest absolute Gasteiger partial charge is 0.493 e. The van der Waals surface area contributed by atoms with E-state index in [0.29, 0.717) is 30.9 Å². The first-order valence-corrected chi connectivity index (χ1v) is 13.1. The summed E-state index contributed by atoms with van der Waals surface area (Å²) in [7, 11) is -1.23. The van der Waals surface area contributed by atoms with Crippen LogP contribution in [0.15, 0.2) is 11.6 Å². The Bertz CT molecular complexity index is 714. The summed E-state index contributed by atoms with van der Waals surface area (Å²) >= 11 is 0. The number of allylic oxidation sites excluding steroid dienone is 1. The van der Waals surface area contributed by atoms with Crippen molar-refractivity contribution in [2.24, 2.45) is 0 Å². The van der Waals surface area contributed by atoms with E-state index in [-0.39, 0.29) is 12.6 Å². The maximum absolute atomic E-state index is 12.4. The van der Waals surface area contributed by atoms with Crippen LogP contribution in [0.25, 0.3) is 0 Å². The molecule has 5 heteroatoms. The van der Waals surface area contributed by atoms with Gasteiger partial charge in [-0.3, -0.25) is 0 Å². The van der Waals surface area contributed by atoms with Gasteiger partial charge in [-0.25, -0.2) is 4.79 Å². The molecule has 1 N–H and O–H groups in total. The lowest BCUT2D eigenvalue weighted by Gasteiger charge is -2.22. The number of hydrogen-bond donors (Lipinski definition) is 1. The molecule has 0 atom stereocenters. The van der Waals surface area contributed by atoms with Gasteiger partial charge in [-0.15, -0.1) is 0 Å². The van der Waals surface area contributed by atoms with E-state index in [1.54, 1.807) is 0 Å². The monoisotopic (exact) mass is 376 g/mol. The molecule has 0 bridgehead atoms. The minimum atomic E-state index is -1.23. The number of benzene rings is 1. The molecule has 26 heavy (non-hydrogen) atoms. The van der Waals surface area contributed by atoms with E-state index in [9.17, 15) is 9.90 Å². The van der Waals surface area contributed by atoms with Crippen LogP contribution < -0.4 is 4.74 Å². The van der Waals surface area contributed by atoms with Gasteiger partial charge >= 0.3 is 5.97 Å². The molecule has 0 saturated heterocycles. The summed E-state index contributed by atoms with van der Waals surface area (Å²) in [6.45, 7) is 14.1. The van der Waals surface area contributed by atoms with Gasteiger partial charge in [0.25, 0.3) is 0 Å². The second kappa shape index (κ2) is 8.40. The van der Waals surface area contributed by atoms with Gasteiger partial charge in [-0.1, -0.05) is 38.2 Å². The lowest BCUT2D eigenvalue weighted by atomic mass is 9.89. The zero-order valence-electron chi connectivity index (χ0n) is 17.0. The van der Waals surface area contributed by atoms with Gasteiger partial charge in [0, 0.05) is 19.2 Å². The van der Waals surface area contributed by atoms with Crippen molar-refractivity contribution >= 4 is 14.0 Å². The highest BCUT2D eigenvalue weighted by atomic mass is 28.3. The highest BCUT2D eigenvalue weighted by Crippen LogP contribution is 2.39. The standard InChI is InChI=1S/C21H32O4Si/c1-7-16-15(3)18-13-25-21(23)19(18)20(24-10-11-26(4,5)6)17(16)9-8-14(2)12-22/h8,22H,7,9-13H2,1-6H3/b14-8+. The van der Waals surface area contributed by atoms with E-state index in [1.807, 2.05) is 13.0 Å². The Morgan fingerprint density at radius 3 is 2.58 bits per heavy atom. The number of rotatable bonds is 8. The van der Waals surface area contributed by atoms with Gasteiger partial charge < -0.3 is 14.6 Å². The van der Waals surface area contributed by atoms with Crippen LogP contribution in [0.2, 0.25) is 25.7 Å². The number of aliphatic hydroxyl groups is 1. The highest BCUT2D eigenvalue weighted by molar-refractivity contribution is 6.76. The normalized spacial score (nSPS) is 14.4. The predicted octanol–water partition coefficient (Wildman–Crippen LogP) is 4.43. The van der Waals surface area contributed by atoms with Crippen molar-refractivity contribution in [3.8, 4) is 5.75 Å². The molecule has 1 aromatic rings. The molecule has 0 saturated carbocycles. The summed E-state index contributed by atoms with van der Waals surface area (Å²) < 4.78 is 11.6. The maximum Gasteiger partial charge on any atom is 0.342 e. The van der Waals surface area contributed by atoms with Crippen LogP contribution in [-0.2, 0) is 24.2 Å². The Hall–Kier alpha value is -1.59. The summed E-state index contributed by atoms with van der Waals surface area (Å²) in [6, 6.07) is 1.04. The average molecular weight is 377 g/mol. The number of esters is 1. The van der Waals surface area contributed by atoms with E-state index < -0.39 is 8.07 Å². The molecule has 0 spiro atoms. The van der Waals surface area contributed by atoms with Gasteiger partial charge in [0.1, 0.15) is 17.9 Å². The minimum Gasteiger partial charge on any atom is -0.493 e. The van der Waals surface area contributed by atoms with E-state index in [4.69, 9.17) is 9.47 Å². The van der Waals surface area contributed by atoms with Crippen molar-refractivity contribution in [2.75, 3.05) is 13.2 Å². The van der Waals surface area contributed by atoms with Crippen molar-refractivity contribution in [2.45, 2.75) is 65.9 Å². The zero-order chi connectivity index (χ0) is 19.5. The van der Waals surface area contributed by atoms with Crippen molar-refractivity contribution in [1.82, 2.24) is 0 Å². The lowest BCUT2D eigenvalue weighted by molar-refractivity contribution is 0.0532. The Balaban J connectivity index is 2.53. The van der Waals surface area contributed by atoms with Gasteiger partial charge in [0.2, 0.25) is 0 Å². The number of hydrogen-bond acceptors (Lipinski definition) is 4. The van der Waals surface area contributed by atoms with Gasteiger partial charge in [0.05, 0.1) is 13.2 Å². The topological polar surface area (TPSA) is 55.8 Å². The zero-order valence-corrected chi connectivity index (χ0v) is 18.0. The Morgan fingerprint density at radius 2 is 2.00 bits per heavy atom. The molecule has 1 heterocycles. The van der Waals surface area contributed by atoms with Gasteiger partial charge in [-0.05, 0) is 43.9 Å². The Labute approximate surface area is 158 Å². The van der Waals surface area contributed by atoms with Crippen molar-refractivity contribution < 1.29 is 19.4 Å². The van der Waals surface area contributed by atoms with Gasteiger partial charge in [0.15, 0.2) is 0 Å². The molecule has 144 valence electrons. The van der Waals surface area contributed by atoms with E-state index in [0.717, 1.165) is 34.7 Å². The van der Waals surface area contributed by atoms with Gasteiger partial charge in [-0.2, -0.15) is 0 Å². The van der Waals surface area contributed by atoms with Crippen LogP contribution in [0.1, 0.15) is 46.5 Å². The van der Waals surface area contributed by atoms with Crippen molar-refractivity contribution in [3.05, 3.63) is 39.5 Å². The molecule has 0 aliphatic carbocycles. The molecule has 0 radical (unpaired) electrons. The van der Waals surface area contributed by atoms with Crippen LogP contribution in [-0.4, -0.2) is 32.4 Å². The number of carbonyl (C=O) groups is 1. The number of fused-ring (bicyclic) bond motifs is 1. The summed E-state index contributed by atoms with van der Waals surface area (Å²) in [4.78, 5) is 12.4. The average Bonchev–Trinajstić information content (AvgIpc) is 2.96. The highest BCUT2D eigenvalue weighted by Gasteiger charge is 2.32. The third-order valence-electron chi connectivity index (χ3n) is 4.98. The summed E-state index contributed by atoms with van der Waals surface area (Å²) in [6.07, 6.45) is 3.55. The van der Waals surface area contributed by atoms with Crippen molar-refractivity contribution in [1.29, 1.82) is 0 Å². The second-order valence-electron chi connectivity index (χ2n) is 8.27. The lowest BCUT2D eigenvalue weighted by Crippen LogP contribution is -2.23. The van der Waals surface area contributed by atoms with E-state index in [2.05, 4.69) is 33.5 Å². The number of cyclic esters (lactones) is 1. The number of carbonyl (C=O) groups excluding carboxylic acids is 1. The first kappa shape index (κ1) is 20.7. The molecule has 1 aliphatic rings.